The van der Waals surface area contributed by atoms with Crippen LogP contribution in [0.3, 0.4) is 0 Å². The van der Waals surface area contributed by atoms with Crippen molar-refractivity contribution in [2.24, 2.45) is 0 Å². The molecule has 1 atom stereocenters. The van der Waals surface area contributed by atoms with Gasteiger partial charge in [-0.2, -0.15) is 0 Å². The number of carbonyl (C=O) groups excluding carboxylic acids is 1. The number of aryl methyl sites for hydroxylation is 1. The highest BCUT2D eigenvalue weighted by molar-refractivity contribution is 5.99. The highest BCUT2D eigenvalue weighted by Crippen LogP contribution is 2.29. The van der Waals surface area contributed by atoms with Crippen LogP contribution in [-0.2, 0) is 6.54 Å². The molecule has 4 aromatic carbocycles. The topological polar surface area (TPSA) is 34.0 Å². The molecule has 0 aliphatic rings. The van der Waals surface area contributed by atoms with E-state index in [9.17, 15) is 4.79 Å². The minimum absolute atomic E-state index is 0.00290. The Morgan fingerprint density at radius 3 is 2.22 bits per heavy atom. The molecular formula is C38H42N2O. The summed E-state index contributed by atoms with van der Waals surface area (Å²) < 4.78 is 2.37. The Bertz CT molecular complexity index is 1630. The van der Waals surface area contributed by atoms with Crippen LogP contribution < -0.4 is 5.32 Å². The Morgan fingerprint density at radius 1 is 0.805 bits per heavy atom. The number of benzene rings is 4. The lowest BCUT2D eigenvalue weighted by atomic mass is 9.95. The minimum Gasteiger partial charge on any atom is -0.345 e. The van der Waals surface area contributed by atoms with Crippen molar-refractivity contribution in [3.8, 4) is 11.1 Å². The number of unbranched alkanes of at least 4 members (excludes halogenated alkanes) is 1. The highest BCUT2D eigenvalue weighted by atomic mass is 16.1. The van der Waals surface area contributed by atoms with Crippen molar-refractivity contribution < 1.29 is 4.79 Å². The third-order valence-electron chi connectivity index (χ3n) is 8.43. The summed E-state index contributed by atoms with van der Waals surface area (Å²) in [7, 11) is 0. The van der Waals surface area contributed by atoms with E-state index in [0.29, 0.717) is 11.5 Å². The van der Waals surface area contributed by atoms with E-state index in [0.717, 1.165) is 36.7 Å². The Labute approximate surface area is 245 Å². The van der Waals surface area contributed by atoms with Crippen molar-refractivity contribution in [2.45, 2.75) is 72.4 Å². The Morgan fingerprint density at radius 2 is 1.51 bits per heavy atom. The van der Waals surface area contributed by atoms with E-state index in [1.54, 1.807) is 0 Å². The maximum absolute atomic E-state index is 13.6. The fourth-order valence-corrected chi connectivity index (χ4v) is 5.72. The van der Waals surface area contributed by atoms with E-state index < -0.39 is 0 Å². The van der Waals surface area contributed by atoms with Crippen molar-refractivity contribution in [2.75, 3.05) is 0 Å². The molecule has 210 valence electrons. The summed E-state index contributed by atoms with van der Waals surface area (Å²) in [5.74, 6) is 0.446. The van der Waals surface area contributed by atoms with Gasteiger partial charge in [-0.3, -0.25) is 4.79 Å². The van der Waals surface area contributed by atoms with Gasteiger partial charge < -0.3 is 9.88 Å². The number of carbonyl (C=O) groups is 1. The van der Waals surface area contributed by atoms with Crippen molar-refractivity contribution in [3.63, 3.8) is 0 Å². The van der Waals surface area contributed by atoms with Crippen molar-refractivity contribution in [3.05, 3.63) is 131 Å². The quantitative estimate of drug-likeness (QED) is 0.187. The minimum atomic E-state index is -0.00995. The van der Waals surface area contributed by atoms with Crippen molar-refractivity contribution in [1.29, 1.82) is 0 Å². The van der Waals surface area contributed by atoms with Crippen LogP contribution in [0.5, 0.6) is 0 Å². The number of hydrogen-bond acceptors (Lipinski definition) is 1. The van der Waals surface area contributed by atoms with Crippen molar-refractivity contribution >= 4 is 16.8 Å². The zero-order valence-corrected chi connectivity index (χ0v) is 25.1. The number of fused-ring (bicyclic) bond motifs is 1. The van der Waals surface area contributed by atoms with Gasteiger partial charge in [-0.25, -0.2) is 0 Å². The standard InChI is InChI=1S/C38H42N2O/c1-6-7-16-36(33-15-11-14-32(23-33)26(2)3)39-38(41)34-21-22-37-35(24-34)27(4)28(5)40(37)25-29-17-19-31(20-18-29)30-12-9-8-10-13-30/h8-15,17-24,26,36H,6-7,16,25H2,1-5H3,(H,39,41)/t36-/m0/s1. The van der Waals surface area contributed by atoms with Gasteiger partial charge in [0.25, 0.3) is 5.91 Å². The van der Waals surface area contributed by atoms with Crippen LogP contribution in [0, 0.1) is 13.8 Å². The zero-order chi connectivity index (χ0) is 28.9. The molecule has 0 aliphatic carbocycles. The van der Waals surface area contributed by atoms with E-state index >= 15 is 0 Å². The fraction of sp³-hybridized carbons (Fsp3) is 0.289. The van der Waals surface area contributed by atoms with Crippen LogP contribution >= 0.6 is 0 Å². The van der Waals surface area contributed by atoms with Crippen LogP contribution in [0.4, 0.5) is 0 Å². The first kappa shape index (κ1) is 28.4. The van der Waals surface area contributed by atoms with Gasteiger partial charge in [-0.05, 0) is 77.8 Å². The van der Waals surface area contributed by atoms with Gasteiger partial charge in [0, 0.05) is 28.7 Å². The molecule has 5 aromatic rings. The Balaban J connectivity index is 1.38. The molecule has 41 heavy (non-hydrogen) atoms. The number of nitrogens with one attached hydrogen (secondary N) is 1. The summed E-state index contributed by atoms with van der Waals surface area (Å²) >= 11 is 0. The molecule has 1 amide bonds. The summed E-state index contributed by atoms with van der Waals surface area (Å²) in [5, 5.41) is 4.51. The number of rotatable bonds is 10. The Kier molecular flexibility index (Phi) is 8.73. The summed E-state index contributed by atoms with van der Waals surface area (Å²) in [6.07, 6.45) is 3.11. The summed E-state index contributed by atoms with van der Waals surface area (Å²) in [5.41, 5.74) is 10.5. The van der Waals surface area contributed by atoms with E-state index in [4.69, 9.17) is 0 Å². The van der Waals surface area contributed by atoms with Crippen LogP contribution in [0.15, 0.2) is 97.1 Å². The highest BCUT2D eigenvalue weighted by Gasteiger charge is 2.19. The molecule has 5 rings (SSSR count). The lowest BCUT2D eigenvalue weighted by Crippen LogP contribution is -2.28. The molecule has 0 bridgehead atoms. The molecule has 0 unspecified atom stereocenters. The number of amides is 1. The monoisotopic (exact) mass is 542 g/mol. The van der Waals surface area contributed by atoms with Gasteiger partial charge in [-0.15, -0.1) is 0 Å². The third-order valence-corrected chi connectivity index (χ3v) is 8.43. The zero-order valence-electron chi connectivity index (χ0n) is 25.1. The molecule has 3 nitrogen and oxygen atoms in total. The number of nitrogens with zero attached hydrogens (tertiary/aromatic N) is 1. The molecule has 0 aliphatic heterocycles. The smallest absolute Gasteiger partial charge is 0.251 e. The molecule has 1 N–H and O–H groups in total. The van der Waals surface area contributed by atoms with E-state index in [1.165, 1.54) is 39.1 Å². The largest absolute Gasteiger partial charge is 0.345 e. The lowest BCUT2D eigenvalue weighted by molar-refractivity contribution is 0.0934. The molecule has 0 saturated carbocycles. The van der Waals surface area contributed by atoms with Crippen LogP contribution in [-0.4, -0.2) is 10.5 Å². The molecule has 1 aromatic heterocycles. The molecule has 0 spiro atoms. The average molecular weight is 543 g/mol. The third kappa shape index (κ3) is 6.30. The van der Waals surface area contributed by atoms with E-state index in [-0.39, 0.29) is 11.9 Å². The van der Waals surface area contributed by atoms with Gasteiger partial charge in [-0.1, -0.05) is 112 Å². The molecule has 3 heteroatoms. The van der Waals surface area contributed by atoms with Gasteiger partial charge in [0.15, 0.2) is 0 Å². The molecule has 1 heterocycles. The summed E-state index contributed by atoms with van der Waals surface area (Å²) in [4.78, 5) is 13.6. The lowest BCUT2D eigenvalue weighted by Gasteiger charge is -2.21. The number of aromatic nitrogens is 1. The second kappa shape index (κ2) is 12.6. The predicted octanol–water partition coefficient (Wildman–Crippen LogP) is 9.76. The summed E-state index contributed by atoms with van der Waals surface area (Å²) in [6, 6.07) is 34.2. The van der Waals surface area contributed by atoms with E-state index in [1.807, 2.05) is 12.1 Å². The van der Waals surface area contributed by atoms with E-state index in [2.05, 4.69) is 129 Å². The molecular weight excluding hydrogens is 500 g/mol. The van der Waals surface area contributed by atoms with Crippen LogP contribution in [0.1, 0.15) is 90.3 Å². The first-order valence-electron chi connectivity index (χ1n) is 15.0. The van der Waals surface area contributed by atoms with Crippen LogP contribution in [0.2, 0.25) is 0 Å². The van der Waals surface area contributed by atoms with Gasteiger partial charge in [0.2, 0.25) is 0 Å². The maximum Gasteiger partial charge on any atom is 0.251 e. The van der Waals surface area contributed by atoms with Gasteiger partial charge in [0.05, 0.1) is 6.04 Å². The van der Waals surface area contributed by atoms with Gasteiger partial charge in [0.1, 0.15) is 0 Å². The maximum atomic E-state index is 13.6. The fourth-order valence-electron chi connectivity index (χ4n) is 5.72. The second-order valence-corrected chi connectivity index (χ2v) is 11.6. The predicted molar refractivity (Wildman–Crippen MR) is 173 cm³/mol. The normalized spacial score (nSPS) is 12.1. The average Bonchev–Trinajstić information content (AvgIpc) is 3.24. The first-order valence-corrected chi connectivity index (χ1v) is 15.0. The SMILES string of the molecule is CCCC[C@H](NC(=O)c1ccc2c(c1)c(C)c(C)n2Cc1ccc(-c2ccccc2)cc1)c1cccc(C(C)C)c1. The molecule has 0 radical (unpaired) electrons. The molecule has 0 saturated heterocycles. The first-order chi connectivity index (χ1) is 19.9. The second-order valence-electron chi connectivity index (χ2n) is 11.6. The van der Waals surface area contributed by atoms with Gasteiger partial charge >= 0.3 is 0 Å². The van der Waals surface area contributed by atoms with Crippen LogP contribution in [0.25, 0.3) is 22.0 Å². The summed E-state index contributed by atoms with van der Waals surface area (Å²) in [6.45, 7) is 11.8. The van der Waals surface area contributed by atoms with Crippen molar-refractivity contribution in [1.82, 2.24) is 9.88 Å². The molecule has 0 fully saturated rings. The number of hydrogen-bond donors (Lipinski definition) is 1. The Hall–Kier alpha value is -4.11.